The molecule has 8 nitrogen and oxygen atoms in total. The molecule has 2 aromatic carbocycles. The third-order valence-electron chi connectivity index (χ3n) is 5.58. The van der Waals surface area contributed by atoms with Crippen molar-refractivity contribution in [1.29, 1.82) is 0 Å². The zero-order valence-electron chi connectivity index (χ0n) is 18.3. The summed E-state index contributed by atoms with van der Waals surface area (Å²) < 4.78 is 32.2. The van der Waals surface area contributed by atoms with Crippen molar-refractivity contribution >= 4 is 21.8 Å². The fourth-order valence-corrected chi connectivity index (χ4v) is 5.06. The molecular weight excluding hydrogens is 430 g/mol. The van der Waals surface area contributed by atoms with Crippen LogP contribution in [0.1, 0.15) is 25.3 Å². The van der Waals surface area contributed by atoms with Crippen molar-refractivity contribution in [2.45, 2.75) is 37.2 Å². The molecule has 9 heteroatoms. The molecule has 2 aromatic rings. The van der Waals surface area contributed by atoms with Crippen molar-refractivity contribution in [3.8, 4) is 5.75 Å². The van der Waals surface area contributed by atoms with Crippen LogP contribution in [-0.2, 0) is 26.2 Å². The monoisotopic (exact) mass is 459 g/mol. The fraction of sp³-hybridized carbons (Fsp3) is 0.391. The van der Waals surface area contributed by atoms with E-state index in [-0.39, 0.29) is 35.7 Å². The van der Waals surface area contributed by atoms with E-state index in [1.807, 2.05) is 30.3 Å². The van der Waals surface area contributed by atoms with Gasteiger partial charge in [-0.3, -0.25) is 9.59 Å². The summed E-state index contributed by atoms with van der Waals surface area (Å²) in [6, 6.07) is 15.1. The van der Waals surface area contributed by atoms with Gasteiger partial charge in [0.05, 0.1) is 12.0 Å². The third kappa shape index (κ3) is 5.86. The number of hydrogen-bond donors (Lipinski definition) is 2. The lowest BCUT2D eigenvalue weighted by Gasteiger charge is -2.31. The van der Waals surface area contributed by atoms with Gasteiger partial charge in [-0.15, -0.1) is 0 Å². The second kappa shape index (κ2) is 10.6. The average molecular weight is 460 g/mol. The Hall–Kier alpha value is -2.91. The number of piperidine rings is 1. The van der Waals surface area contributed by atoms with Crippen LogP contribution in [0.5, 0.6) is 5.75 Å². The largest absolute Gasteiger partial charge is 0.497 e. The first-order valence-electron chi connectivity index (χ1n) is 10.6. The predicted octanol–water partition coefficient (Wildman–Crippen LogP) is 1.92. The molecule has 3 rings (SSSR count). The van der Waals surface area contributed by atoms with Crippen LogP contribution in [0.15, 0.2) is 59.5 Å². The Bertz CT molecular complexity index is 1020. The minimum Gasteiger partial charge on any atom is -0.497 e. The number of sulfonamides is 1. The number of rotatable bonds is 8. The lowest BCUT2D eigenvalue weighted by atomic mass is 9.97. The van der Waals surface area contributed by atoms with E-state index in [0.717, 1.165) is 5.56 Å². The van der Waals surface area contributed by atoms with Crippen LogP contribution >= 0.6 is 0 Å². The van der Waals surface area contributed by atoms with Crippen LogP contribution in [0.2, 0.25) is 0 Å². The Labute approximate surface area is 189 Å². The van der Waals surface area contributed by atoms with E-state index < -0.39 is 16.1 Å². The van der Waals surface area contributed by atoms with Gasteiger partial charge in [0.15, 0.2) is 0 Å². The average Bonchev–Trinajstić information content (AvgIpc) is 2.83. The minimum atomic E-state index is -3.62. The number of nitrogens with one attached hydrogen (secondary N) is 2. The molecule has 2 N–H and O–H groups in total. The van der Waals surface area contributed by atoms with Crippen molar-refractivity contribution in [2.24, 2.45) is 5.92 Å². The standard InChI is InChI=1S/C23H29N3O5S/c1-17(22(27)24-16-18-6-4-3-5-7-18)25-23(28)19-12-14-26(15-13-19)32(29,30)21-10-8-20(31-2)9-11-21/h3-11,17,19H,12-16H2,1-2H3,(H,24,27)(H,25,28)/t17-/m0/s1. The van der Waals surface area contributed by atoms with Gasteiger partial charge < -0.3 is 15.4 Å². The van der Waals surface area contributed by atoms with E-state index in [2.05, 4.69) is 10.6 Å². The maximum absolute atomic E-state index is 12.9. The molecule has 0 spiro atoms. The van der Waals surface area contributed by atoms with Crippen LogP contribution in [-0.4, -0.2) is 50.8 Å². The molecule has 0 unspecified atom stereocenters. The van der Waals surface area contributed by atoms with E-state index in [0.29, 0.717) is 25.1 Å². The zero-order chi connectivity index (χ0) is 23.1. The molecule has 32 heavy (non-hydrogen) atoms. The van der Waals surface area contributed by atoms with Crippen LogP contribution in [0.4, 0.5) is 0 Å². The number of ether oxygens (including phenoxy) is 1. The summed E-state index contributed by atoms with van der Waals surface area (Å²) in [5, 5.41) is 5.56. The van der Waals surface area contributed by atoms with E-state index >= 15 is 0 Å². The van der Waals surface area contributed by atoms with Crippen LogP contribution < -0.4 is 15.4 Å². The highest BCUT2D eigenvalue weighted by Crippen LogP contribution is 2.25. The Morgan fingerprint density at radius 2 is 1.69 bits per heavy atom. The molecule has 1 heterocycles. The number of carbonyl (C=O) groups excluding carboxylic acids is 2. The quantitative estimate of drug-likeness (QED) is 0.628. The van der Waals surface area contributed by atoms with Gasteiger partial charge in [-0.05, 0) is 49.6 Å². The van der Waals surface area contributed by atoms with Crippen molar-refractivity contribution in [2.75, 3.05) is 20.2 Å². The highest BCUT2D eigenvalue weighted by atomic mass is 32.2. The van der Waals surface area contributed by atoms with Gasteiger partial charge in [0.1, 0.15) is 11.8 Å². The maximum Gasteiger partial charge on any atom is 0.243 e. The third-order valence-corrected chi connectivity index (χ3v) is 7.50. The van der Waals surface area contributed by atoms with E-state index in [4.69, 9.17) is 4.74 Å². The lowest BCUT2D eigenvalue weighted by molar-refractivity contribution is -0.131. The molecule has 1 aliphatic rings. The molecule has 2 amide bonds. The van der Waals surface area contributed by atoms with Gasteiger partial charge in [-0.25, -0.2) is 8.42 Å². The lowest BCUT2D eigenvalue weighted by Crippen LogP contribution is -2.49. The first-order valence-corrected chi connectivity index (χ1v) is 12.0. The van der Waals surface area contributed by atoms with Crippen LogP contribution in [0.25, 0.3) is 0 Å². The predicted molar refractivity (Wildman–Crippen MR) is 120 cm³/mol. The molecule has 1 fully saturated rings. The summed E-state index contributed by atoms with van der Waals surface area (Å²) in [6.07, 6.45) is 0.805. The van der Waals surface area contributed by atoms with Gasteiger partial charge in [0, 0.05) is 25.6 Å². The second-order valence-electron chi connectivity index (χ2n) is 7.79. The summed E-state index contributed by atoms with van der Waals surface area (Å²) in [4.78, 5) is 25.1. The molecule has 1 saturated heterocycles. The molecule has 0 aromatic heterocycles. The molecule has 0 radical (unpaired) electrons. The van der Waals surface area contributed by atoms with E-state index in [1.165, 1.54) is 23.5 Å². The number of benzene rings is 2. The van der Waals surface area contributed by atoms with Crippen LogP contribution in [0.3, 0.4) is 0 Å². The van der Waals surface area contributed by atoms with Gasteiger partial charge in [-0.1, -0.05) is 30.3 Å². The number of amides is 2. The highest BCUT2D eigenvalue weighted by Gasteiger charge is 2.32. The van der Waals surface area contributed by atoms with Gasteiger partial charge in [0.2, 0.25) is 21.8 Å². The zero-order valence-corrected chi connectivity index (χ0v) is 19.1. The van der Waals surface area contributed by atoms with Crippen molar-refractivity contribution in [3.63, 3.8) is 0 Å². The van der Waals surface area contributed by atoms with Gasteiger partial charge >= 0.3 is 0 Å². The van der Waals surface area contributed by atoms with Gasteiger partial charge in [0.25, 0.3) is 0 Å². The smallest absolute Gasteiger partial charge is 0.243 e. The fourth-order valence-electron chi connectivity index (χ4n) is 3.59. The van der Waals surface area contributed by atoms with Crippen LogP contribution in [0, 0.1) is 5.92 Å². The summed E-state index contributed by atoms with van der Waals surface area (Å²) in [5.74, 6) is -0.237. The van der Waals surface area contributed by atoms with Crippen molar-refractivity contribution in [3.05, 3.63) is 60.2 Å². The molecule has 0 aliphatic carbocycles. The summed E-state index contributed by atoms with van der Waals surface area (Å²) in [6.45, 7) is 2.53. The Kier molecular flexibility index (Phi) is 7.87. The summed E-state index contributed by atoms with van der Waals surface area (Å²) in [5.41, 5.74) is 0.977. The molecule has 1 atom stereocenters. The number of carbonyl (C=O) groups is 2. The minimum absolute atomic E-state index is 0.199. The summed E-state index contributed by atoms with van der Waals surface area (Å²) >= 11 is 0. The van der Waals surface area contributed by atoms with Gasteiger partial charge in [-0.2, -0.15) is 4.31 Å². The molecule has 0 saturated carbocycles. The molecule has 172 valence electrons. The van der Waals surface area contributed by atoms with Crippen molar-refractivity contribution in [1.82, 2.24) is 14.9 Å². The normalized spacial score (nSPS) is 16.2. The highest BCUT2D eigenvalue weighted by molar-refractivity contribution is 7.89. The Morgan fingerprint density at radius 1 is 1.06 bits per heavy atom. The van der Waals surface area contributed by atoms with E-state index in [9.17, 15) is 18.0 Å². The molecule has 1 aliphatic heterocycles. The Morgan fingerprint density at radius 3 is 2.28 bits per heavy atom. The number of methoxy groups -OCH3 is 1. The maximum atomic E-state index is 12.9. The second-order valence-corrected chi connectivity index (χ2v) is 9.73. The first-order chi connectivity index (χ1) is 15.3. The Balaban J connectivity index is 1.48. The van der Waals surface area contributed by atoms with E-state index in [1.54, 1.807) is 19.1 Å². The van der Waals surface area contributed by atoms with Crippen molar-refractivity contribution < 1.29 is 22.7 Å². The SMILES string of the molecule is COc1ccc(S(=O)(=O)N2CCC(C(=O)N[C@@H](C)C(=O)NCc3ccccc3)CC2)cc1. The molecule has 0 bridgehead atoms. The molecular formula is C23H29N3O5S. The topological polar surface area (TPSA) is 105 Å². The first kappa shape index (κ1) is 23.7. The number of nitrogens with zero attached hydrogens (tertiary/aromatic N) is 1. The number of hydrogen-bond acceptors (Lipinski definition) is 5. The summed E-state index contributed by atoms with van der Waals surface area (Å²) in [7, 11) is -2.10.